The van der Waals surface area contributed by atoms with E-state index < -0.39 is 10.0 Å². The van der Waals surface area contributed by atoms with Crippen LogP contribution in [0.2, 0.25) is 0 Å². The fraction of sp³-hybridized carbons (Fsp3) is 0.346. The van der Waals surface area contributed by atoms with E-state index in [2.05, 4.69) is 26.7 Å². The van der Waals surface area contributed by atoms with Crippen molar-refractivity contribution >= 4 is 21.2 Å². The highest BCUT2D eigenvalue weighted by Crippen LogP contribution is 2.31. The summed E-state index contributed by atoms with van der Waals surface area (Å²) in [6, 6.07) is 11.0. The molecule has 10 nitrogen and oxygen atoms in total. The van der Waals surface area contributed by atoms with E-state index in [-0.39, 0.29) is 16.3 Å². The van der Waals surface area contributed by atoms with Crippen LogP contribution < -0.4 is 19.8 Å². The Morgan fingerprint density at radius 2 is 1.84 bits per heavy atom. The largest absolute Gasteiger partial charge is 0.497 e. The minimum Gasteiger partial charge on any atom is -0.497 e. The van der Waals surface area contributed by atoms with Crippen LogP contribution in [0.5, 0.6) is 11.5 Å². The third-order valence-electron chi connectivity index (χ3n) is 5.91. The number of unbranched alkanes of at least 4 members (excludes halogenated alkanes) is 2. The van der Waals surface area contributed by atoms with Gasteiger partial charge in [0, 0.05) is 12.1 Å². The number of aryl methyl sites for hydroxylation is 2. The number of rotatable bonds is 11. The van der Waals surface area contributed by atoms with Crippen molar-refractivity contribution < 1.29 is 17.9 Å². The molecular formula is C26H31N5O5S. The van der Waals surface area contributed by atoms with Crippen molar-refractivity contribution in [3.05, 3.63) is 64.3 Å². The van der Waals surface area contributed by atoms with Gasteiger partial charge in [0.25, 0.3) is 15.6 Å². The zero-order valence-corrected chi connectivity index (χ0v) is 22.2. The SMILES string of the molecule is CCCCCc1nc(C)c2c(=O)[nH]c(-c3cc(S(=O)(=O)Nc4ccc(OC)cc4)ccc3OCC)nn12. The number of imidazole rings is 1. The molecule has 0 amide bonds. The molecule has 196 valence electrons. The number of hydrogen-bond donors (Lipinski definition) is 2. The van der Waals surface area contributed by atoms with E-state index in [0.29, 0.717) is 52.8 Å². The molecule has 0 unspecified atom stereocenters. The van der Waals surface area contributed by atoms with Crippen molar-refractivity contribution in [3.63, 3.8) is 0 Å². The normalized spacial score (nSPS) is 11.6. The lowest BCUT2D eigenvalue weighted by Gasteiger charge is -2.14. The zero-order chi connectivity index (χ0) is 26.6. The Hall–Kier alpha value is -3.86. The van der Waals surface area contributed by atoms with E-state index in [1.807, 2.05) is 6.92 Å². The predicted octanol–water partition coefficient (Wildman–Crippen LogP) is 4.33. The number of fused-ring (bicyclic) bond motifs is 1. The molecule has 4 aromatic rings. The molecule has 2 N–H and O–H groups in total. The van der Waals surface area contributed by atoms with Crippen LogP contribution in [-0.4, -0.2) is 41.7 Å². The summed E-state index contributed by atoms with van der Waals surface area (Å²) in [7, 11) is -2.41. The summed E-state index contributed by atoms with van der Waals surface area (Å²) < 4.78 is 41.4. The van der Waals surface area contributed by atoms with E-state index in [1.165, 1.54) is 19.2 Å². The Morgan fingerprint density at radius 3 is 2.51 bits per heavy atom. The lowest BCUT2D eigenvalue weighted by molar-refractivity contribution is 0.341. The molecule has 0 aliphatic heterocycles. The van der Waals surface area contributed by atoms with Gasteiger partial charge in [-0.3, -0.25) is 9.52 Å². The molecule has 2 heterocycles. The third kappa shape index (κ3) is 5.61. The maximum atomic E-state index is 13.2. The summed E-state index contributed by atoms with van der Waals surface area (Å²) in [6.45, 7) is 6.07. The van der Waals surface area contributed by atoms with Crippen molar-refractivity contribution in [2.75, 3.05) is 18.4 Å². The summed E-state index contributed by atoms with van der Waals surface area (Å²) in [4.78, 5) is 20.4. The van der Waals surface area contributed by atoms with Crippen LogP contribution >= 0.6 is 0 Å². The lowest BCUT2D eigenvalue weighted by atomic mass is 10.2. The first-order valence-electron chi connectivity index (χ1n) is 12.2. The Morgan fingerprint density at radius 1 is 1.08 bits per heavy atom. The molecule has 0 aliphatic rings. The van der Waals surface area contributed by atoms with Crippen molar-refractivity contribution in [2.45, 2.75) is 51.3 Å². The Bertz CT molecular complexity index is 1560. The second kappa shape index (κ2) is 11.0. The van der Waals surface area contributed by atoms with Gasteiger partial charge in [-0.2, -0.15) is 0 Å². The number of benzene rings is 2. The number of hydrogen-bond acceptors (Lipinski definition) is 7. The van der Waals surface area contributed by atoms with Crippen LogP contribution in [0.3, 0.4) is 0 Å². The Kier molecular flexibility index (Phi) is 7.82. The van der Waals surface area contributed by atoms with Crippen LogP contribution in [-0.2, 0) is 16.4 Å². The molecular weight excluding hydrogens is 494 g/mol. The lowest BCUT2D eigenvalue weighted by Crippen LogP contribution is -2.17. The molecule has 37 heavy (non-hydrogen) atoms. The summed E-state index contributed by atoms with van der Waals surface area (Å²) in [5.74, 6) is 1.89. The fourth-order valence-electron chi connectivity index (χ4n) is 4.07. The molecule has 0 fully saturated rings. The topological polar surface area (TPSA) is 128 Å². The average Bonchev–Trinajstić information content (AvgIpc) is 3.20. The average molecular weight is 526 g/mol. The van der Waals surface area contributed by atoms with Gasteiger partial charge in [0.2, 0.25) is 0 Å². The number of nitrogens with zero attached hydrogens (tertiary/aromatic N) is 3. The van der Waals surface area contributed by atoms with E-state index >= 15 is 0 Å². The van der Waals surface area contributed by atoms with E-state index in [1.54, 1.807) is 41.8 Å². The van der Waals surface area contributed by atoms with Crippen LogP contribution in [0.1, 0.15) is 44.6 Å². The zero-order valence-electron chi connectivity index (χ0n) is 21.4. The number of ether oxygens (including phenoxy) is 2. The van der Waals surface area contributed by atoms with Gasteiger partial charge in [-0.15, -0.1) is 5.10 Å². The number of aromatic amines is 1. The van der Waals surface area contributed by atoms with Crippen LogP contribution in [0, 0.1) is 6.92 Å². The minimum absolute atomic E-state index is 0.00509. The summed E-state index contributed by atoms with van der Waals surface area (Å²) in [6.07, 6.45) is 3.70. The maximum Gasteiger partial charge on any atom is 0.277 e. The van der Waals surface area contributed by atoms with Crippen molar-refractivity contribution in [2.24, 2.45) is 0 Å². The standard InChI is InChI=1S/C26H31N5O5S/c1-5-7-8-9-23-27-17(3)24-26(32)28-25(29-31(23)24)21-16-20(14-15-22(21)36-6-2)37(33,34)30-18-10-12-19(35-4)13-11-18/h10-16,30H,5-9H2,1-4H3,(H,28,29,32). The molecule has 0 radical (unpaired) electrons. The highest BCUT2D eigenvalue weighted by molar-refractivity contribution is 7.92. The molecule has 0 saturated heterocycles. The minimum atomic E-state index is -3.95. The highest BCUT2D eigenvalue weighted by Gasteiger charge is 2.21. The van der Waals surface area contributed by atoms with Crippen LogP contribution in [0.4, 0.5) is 5.69 Å². The molecule has 0 aliphatic carbocycles. The summed E-state index contributed by atoms with van der Waals surface area (Å²) in [5, 5.41) is 4.66. The number of H-pyrrole nitrogens is 1. The number of nitrogens with one attached hydrogen (secondary N) is 2. The monoisotopic (exact) mass is 525 g/mol. The van der Waals surface area contributed by atoms with Gasteiger partial charge < -0.3 is 14.5 Å². The first-order chi connectivity index (χ1) is 17.8. The highest BCUT2D eigenvalue weighted by atomic mass is 32.2. The first kappa shape index (κ1) is 26.2. The van der Waals surface area contributed by atoms with Crippen molar-refractivity contribution in [1.82, 2.24) is 19.6 Å². The smallest absolute Gasteiger partial charge is 0.277 e. The maximum absolute atomic E-state index is 13.2. The van der Waals surface area contributed by atoms with Crippen molar-refractivity contribution in [3.8, 4) is 22.9 Å². The van der Waals surface area contributed by atoms with Gasteiger partial charge in [0.1, 0.15) is 17.3 Å². The van der Waals surface area contributed by atoms with Gasteiger partial charge >= 0.3 is 0 Å². The van der Waals surface area contributed by atoms with Crippen LogP contribution in [0.15, 0.2) is 52.2 Å². The van der Waals surface area contributed by atoms with E-state index in [0.717, 1.165) is 19.3 Å². The van der Waals surface area contributed by atoms with Gasteiger partial charge in [0.05, 0.1) is 29.9 Å². The van der Waals surface area contributed by atoms with Gasteiger partial charge in [-0.1, -0.05) is 19.8 Å². The van der Waals surface area contributed by atoms with Crippen molar-refractivity contribution in [1.29, 1.82) is 0 Å². The Labute approximate surface area is 215 Å². The van der Waals surface area contributed by atoms with E-state index in [9.17, 15) is 13.2 Å². The number of aromatic nitrogens is 4. The predicted molar refractivity (Wildman–Crippen MR) is 142 cm³/mol. The molecule has 0 atom stereocenters. The second-order valence-electron chi connectivity index (χ2n) is 8.56. The second-order valence-corrected chi connectivity index (χ2v) is 10.2. The fourth-order valence-corrected chi connectivity index (χ4v) is 5.15. The summed E-state index contributed by atoms with van der Waals surface area (Å²) in [5.41, 5.74) is 1.35. The van der Waals surface area contributed by atoms with Gasteiger partial charge in [-0.05, 0) is 62.7 Å². The number of sulfonamides is 1. The van der Waals surface area contributed by atoms with Gasteiger partial charge in [-0.25, -0.2) is 17.9 Å². The van der Waals surface area contributed by atoms with E-state index in [4.69, 9.17) is 9.47 Å². The van der Waals surface area contributed by atoms with Crippen LogP contribution in [0.25, 0.3) is 16.9 Å². The molecule has 0 spiro atoms. The summed E-state index contributed by atoms with van der Waals surface area (Å²) >= 11 is 0. The third-order valence-corrected chi connectivity index (χ3v) is 7.28. The quantitative estimate of drug-likeness (QED) is 0.279. The molecule has 4 rings (SSSR count). The van der Waals surface area contributed by atoms with Gasteiger partial charge in [0.15, 0.2) is 11.3 Å². The molecule has 0 saturated carbocycles. The molecule has 0 bridgehead atoms. The first-order valence-corrected chi connectivity index (χ1v) is 13.7. The molecule has 2 aromatic heterocycles. The number of anilines is 1. The molecule has 2 aromatic carbocycles. The Balaban J connectivity index is 1.79. The molecule has 11 heteroatoms. The number of methoxy groups -OCH3 is 1.